The number of nitrogens with one attached hydrogen (secondary N) is 1. The number of hydrogen-bond acceptors (Lipinski definition) is 4. The van der Waals surface area contributed by atoms with E-state index in [0.29, 0.717) is 18.0 Å². The molecule has 2 aromatic carbocycles. The van der Waals surface area contributed by atoms with Crippen LogP contribution in [0.5, 0.6) is 0 Å². The van der Waals surface area contributed by atoms with Crippen molar-refractivity contribution in [2.75, 3.05) is 6.54 Å². The van der Waals surface area contributed by atoms with Crippen LogP contribution in [0.15, 0.2) is 83.5 Å². The van der Waals surface area contributed by atoms with Crippen LogP contribution in [0.3, 0.4) is 0 Å². The van der Waals surface area contributed by atoms with Gasteiger partial charge in [0.25, 0.3) is 5.91 Å². The molecule has 6 heteroatoms. The third-order valence-corrected chi connectivity index (χ3v) is 4.18. The summed E-state index contributed by atoms with van der Waals surface area (Å²) in [6, 6.07) is 23.1. The molecule has 0 unspecified atom stereocenters. The van der Waals surface area contributed by atoms with Crippen LogP contribution in [-0.4, -0.2) is 27.4 Å². The third-order valence-electron chi connectivity index (χ3n) is 4.18. The molecule has 2 heterocycles. The fourth-order valence-corrected chi connectivity index (χ4v) is 2.87. The molecule has 0 saturated heterocycles. The smallest absolute Gasteiger partial charge is 0.274 e. The fourth-order valence-electron chi connectivity index (χ4n) is 2.87. The summed E-state index contributed by atoms with van der Waals surface area (Å²) in [5.74, 6) is 0.261. The second-order valence-corrected chi connectivity index (χ2v) is 6.00. The summed E-state index contributed by atoms with van der Waals surface area (Å²) in [4.78, 5) is 12.7. The first kappa shape index (κ1) is 16.8. The van der Waals surface area contributed by atoms with Crippen molar-refractivity contribution in [1.29, 1.82) is 0 Å². The van der Waals surface area contributed by atoms with Gasteiger partial charge in [0.1, 0.15) is 5.69 Å². The summed E-state index contributed by atoms with van der Waals surface area (Å²) in [5.41, 5.74) is 2.74. The van der Waals surface area contributed by atoms with Gasteiger partial charge in [0.2, 0.25) is 0 Å². The zero-order valence-electron chi connectivity index (χ0n) is 14.6. The maximum atomic E-state index is 12.7. The molecular formula is C21H18N4O2. The molecule has 1 N–H and O–H groups in total. The van der Waals surface area contributed by atoms with Crippen molar-refractivity contribution in [1.82, 2.24) is 20.3 Å². The van der Waals surface area contributed by atoms with Crippen LogP contribution in [0.25, 0.3) is 17.1 Å². The van der Waals surface area contributed by atoms with Crippen molar-refractivity contribution >= 4 is 5.91 Å². The van der Waals surface area contributed by atoms with E-state index in [1.165, 1.54) is 0 Å². The molecule has 0 aliphatic heterocycles. The maximum absolute atomic E-state index is 12.7. The molecule has 6 nitrogen and oxygen atoms in total. The fraction of sp³-hybridized carbons (Fsp3) is 0.0952. The first-order chi connectivity index (χ1) is 13.3. The highest BCUT2D eigenvalue weighted by Crippen LogP contribution is 2.25. The first-order valence-electron chi connectivity index (χ1n) is 8.70. The highest BCUT2D eigenvalue weighted by molar-refractivity contribution is 5.97. The molecule has 1 amide bonds. The Labute approximate surface area is 156 Å². The number of rotatable bonds is 6. The van der Waals surface area contributed by atoms with Crippen LogP contribution >= 0.6 is 0 Å². The molecule has 4 aromatic rings. The van der Waals surface area contributed by atoms with Gasteiger partial charge >= 0.3 is 0 Å². The Morgan fingerprint density at radius 3 is 2.41 bits per heavy atom. The predicted octanol–water partition coefficient (Wildman–Crippen LogP) is 3.50. The van der Waals surface area contributed by atoms with E-state index in [0.717, 1.165) is 17.7 Å². The molecule has 0 bridgehead atoms. The molecular weight excluding hydrogens is 340 g/mol. The van der Waals surface area contributed by atoms with Crippen molar-refractivity contribution in [2.24, 2.45) is 0 Å². The SMILES string of the molecule is O=C(NCCc1ccccc1)c1nnn(-c2ccccc2)c1-c1ccco1. The van der Waals surface area contributed by atoms with E-state index < -0.39 is 0 Å². The third kappa shape index (κ3) is 3.64. The van der Waals surface area contributed by atoms with Gasteiger partial charge in [-0.2, -0.15) is 0 Å². The van der Waals surface area contributed by atoms with Crippen LogP contribution < -0.4 is 5.32 Å². The zero-order valence-corrected chi connectivity index (χ0v) is 14.6. The standard InChI is InChI=1S/C21H18N4O2/c26-21(22-14-13-16-8-3-1-4-9-16)19-20(18-12-7-15-27-18)25(24-23-19)17-10-5-2-6-11-17/h1-12,15H,13-14H2,(H,22,26). The highest BCUT2D eigenvalue weighted by Gasteiger charge is 2.23. The van der Waals surface area contributed by atoms with Gasteiger partial charge in [-0.15, -0.1) is 5.10 Å². The number of carbonyl (C=O) groups is 1. The van der Waals surface area contributed by atoms with Gasteiger partial charge in [-0.1, -0.05) is 53.7 Å². The van der Waals surface area contributed by atoms with Crippen molar-refractivity contribution < 1.29 is 9.21 Å². The minimum absolute atomic E-state index is 0.238. The predicted molar refractivity (Wildman–Crippen MR) is 102 cm³/mol. The lowest BCUT2D eigenvalue weighted by Gasteiger charge is -2.07. The van der Waals surface area contributed by atoms with Crippen molar-refractivity contribution in [3.63, 3.8) is 0 Å². The number of amides is 1. The zero-order chi connectivity index (χ0) is 18.5. The minimum atomic E-state index is -0.278. The van der Waals surface area contributed by atoms with Crippen molar-refractivity contribution in [2.45, 2.75) is 6.42 Å². The maximum Gasteiger partial charge on any atom is 0.274 e. The van der Waals surface area contributed by atoms with Crippen LogP contribution in [0, 0.1) is 0 Å². The van der Waals surface area contributed by atoms with E-state index in [2.05, 4.69) is 15.6 Å². The molecule has 0 radical (unpaired) electrons. The molecule has 4 rings (SSSR count). The summed E-state index contributed by atoms with van der Waals surface area (Å²) >= 11 is 0. The van der Waals surface area contributed by atoms with E-state index in [1.807, 2.05) is 60.7 Å². The van der Waals surface area contributed by atoms with Gasteiger partial charge in [-0.3, -0.25) is 4.79 Å². The number of aromatic nitrogens is 3. The summed E-state index contributed by atoms with van der Waals surface area (Å²) in [6.07, 6.45) is 2.31. The van der Waals surface area contributed by atoms with Crippen LogP contribution in [0.1, 0.15) is 16.1 Å². The molecule has 0 fully saturated rings. The summed E-state index contributed by atoms with van der Waals surface area (Å²) in [6.45, 7) is 0.513. The second-order valence-electron chi connectivity index (χ2n) is 6.00. The highest BCUT2D eigenvalue weighted by atomic mass is 16.3. The van der Waals surface area contributed by atoms with Gasteiger partial charge in [0.15, 0.2) is 11.5 Å². The molecule has 0 atom stereocenters. The second kappa shape index (κ2) is 7.70. The number of furan rings is 1. The van der Waals surface area contributed by atoms with E-state index >= 15 is 0 Å². The lowest BCUT2D eigenvalue weighted by atomic mass is 10.1. The van der Waals surface area contributed by atoms with Gasteiger partial charge in [0.05, 0.1) is 12.0 Å². The normalized spacial score (nSPS) is 10.7. The molecule has 134 valence electrons. The number of carbonyl (C=O) groups excluding carboxylic acids is 1. The quantitative estimate of drug-likeness (QED) is 0.572. The Kier molecular flexibility index (Phi) is 4.78. The molecule has 0 aliphatic carbocycles. The molecule has 0 spiro atoms. The summed E-state index contributed by atoms with van der Waals surface area (Å²) in [5, 5.41) is 11.2. The average Bonchev–Trinajstić information content (AvgIpc) is 3.39. The van der Waals surface area contributed by atoms with Crippen LogP contribution in [-0.2, 0) is 6.42 Å². The van der Waals surface area contributed by atoms with Gasteiger partial charge in [-0.05, 0) is 36.2 Å². The minimum Gasteiger partial charge on any atom is -0.463 e. The number of para-hydroxylation sites is 1. The van der Waals surface area contributed by atoms with Gasteiger partial charge in [0, 0.05) is 6.54 Å². The Morgan fingerprint density at radius 1 is 0.963 bits per heavy atom. The number of benzene rings is 2. The molecule has 0 aliphatic rings. The first-order valence-corrected chi connectivity index (χ1v) is 8.70. The van der Waals surface area contributed by atoms with E-state index in [4.69, 9.17) is 4.42 Å². The average molecular weight is 358 g/mol. The topological polar surface area (TPSA) is 73.0 Å². The molecule has 27 heavy (non-hydrogen) atoms. The summed E-state index contributed by atoms with van der Waals surface area (Å²) in [7, 11) is 0. The molecule has 0 saturated carbocycles. The van der Waals surface area contributed by atoms with E-state index in [-0.39, 0.29) is 11.6 Å². The van der Waals surface area contributed by atoms with Gasteiger partial charge in [-0.25, -0.2) is 4.68 Å². The Bertz CT molecular complexity index is 1010. The van der Waals surface area contributed by atoms with Gasteiger partial charge < -0.3 is 9.73 Å². The largest absolute Gasteiger partial charge is 0.463 e. The summed E-state index contributed by atoms with van der Waals surface area (Å²) < 4.78 is 7.14. The van der Waals surface area contributed by atoms with E-state index in [1.54, 1.807) is 23.1 Å². The van der Waals surface area contributed by atoms with Crippen LogP contribution in [0.4, 0.5) is 0 Å². The van der Waals surface area contributed by atoms with E-state index in [9.17, 15) is 4.79 Å². The number of nitrogens with zero attached hydrogens (tertiary/aromatic N) is 3. The lowest BCUT2D eigenvalue weighted by molar-refractivity contribution is 0.0949. The Morgan fingerprint density at radius 2 is 1.70 bits per heavy atom. The molecule has 2 aromatic heterocycles. The number of hydrogen-bond donors (Lipinski definition) is 1. The Balaban J connectivity index is 1.59. The van der Waals surface area contributed by atoms with Crippen molar-refractivity contribution in [3.8, 4) is 17.1 Å². The van der Waals surface area contributed by atoms with Crippen LogP contribution in [0.2, 0.25) is 0 Å². The lowest BCUT2D eigenvalue weighted by Crippen LogP contribution is -2.26. The monoisotopic (exact) mass is 358 g/mol. The Hall–Kier alpha value is -3.67. The van der Waals surface area contributed by atoms with Crippen molar-refractivity contribution in [3.05, 3.63) is 90.3 Å².